The minimum absolute atomic E-state index is 0.0471. The van der Waals surface area contributed by atoms with Gasteiger partial charge in [-0.1, -0.05) is 23.2 Å². The lowest BCUT2D eigenvalue weighted by Gasteiger charge is -2.23. The lowest BCUT2D eigenvalue weighted by molar-refractivity contribution is -0.116. The molecule has 0 aliphatic carbocycles. The summed E-state index contributed by atoms with van der Waals surface area (Å²) in [7, 11) is -4.13. The van der Waals surface area contributed by atoms with Crippen molar-refractivity contribution in [1.82, 2.24) is 0 Å². The van der Waals surface area contributed by atoms with E-state index in [0.29, 0.717) is 0 Å². The van der Waals surface area contributed by atoms with Crippen LogP contribution in [0.2, 0.25) is 10.0 Å². The number of hydrogen-bond donors (Lipinski definition) is 1. The zero-order valence-corrected chi connectivity index (χ0v) is 13.9. The van der Waals surface area contributed by atoms with Gasteiger partial charge in [-0.15, -0.1) is 0 Å². The smallest absolute Gasteiger partial charge is 0.264 e. The number of nitrogens with two attached hydrogens (primary N) is 1. The number of nitrogens with zero attached hydrogens (tertiary/aromatic N) is 1. The highest BCUT2D eigenvalue weighted by Crippen LogP contribution is 2.29. The minimum Gasteiger partial charge on any atom is -0.368 e. The number of anilines is 1. The summed E-state index contributed by atoms with van der Waals surface area (Å²) in [5, 5.41) is 0.236. The lowest BCUT2D eigenvalue weighted by atomic mass is 10.3. The number of carbonyl (C=O) groups is 1. The Hall–Kier alpha value is -1.83. The first kappa shape index (κ1) is 17.5. The monoisotopic (exact) mass is 376 g/mol. The second kappa shape index (κ2) is 6.74. The third kappa shape index (κ3) is 3.93. The van der Waals surface area contributed by atoms with Crippen molar-refractivity contribution in [2.45, 2.75) is 4.90 Å². The first-order valence-corrected chi connectivity index (χ1v) is 8.43. The van der Waals surface area contributed by atoms with Crippen molar-refractivity contribution in [3.63, 3.8) is 0 Å². The van der Waals surface area contributed by atoms with Gasteiger partial charge in [0.15, 0.2) is 0 Å². The van der Waals surface area contributed by atoms with E-state index in [1.807, 2.05) is 0 Å². The summed E-state index contributed by atoms with van der Waals surface area (Å²) in [6, 6.07) is 8.35. The maximum absolute atomic E-state index is 13.0. The Morgan fingerprint density at radius 1 is 1.09 bits per heavy atom. The van der Waals surface area contributed by atoms with Crippen LogP contribution in [0, 0.1) is 5.82 Å². The average molecular weight is 377 g/mol. The van der Waals surface area contributed by atoms with E-state index in [-0.39, 0.29) is 20.6 Å². The van der Waals surface area contributed by atoms with Gasteiger partial charge < -0.3 is 5.73 Å². The Morgan fingerprint density at radius 3 is 2.22 bits per heavy atom. The van der Waals surface area contributed by atoms with Crippen LogP contribution in [0.5, 0.6) is 0 Å². The number of hydrogen-bond acceptors (Lipinski definition) is 3. The Balaban J connectivity index is 2.54. The average Bonchev–Trinajstić information content (AvgIpc) is 2.48. The van der Waals surface area contributed by atoms with Gasteiger partial charge in [-0.25, -0.2) is 12.8 Å². The maximum Gasteiger partial charge on any atom is 0.264 e. The molecule has 0 aliphatic rings. The van der Waals surface area contributed by atoms with Crippen molar-refractivity contribution >= 4 is 44.8 Å². The Labute approximate surface area is 142 Å². The van der Waals surface area contributed by atoms with Crippen molar-refractivity contribution in [1.29, 1.82) is 0 Å². The Kier molecular flexibility index (Phi) is 5.13. The fourth-order valence-electron chi connectivity index (χ4n) is 1.83. The Bertz CT molecular complexity index is 842. The Morgan fingerprint density at radius 2 is 1.70 bits per heavy atom. The normalized spacial score (nSPS) is 11.3. The predicted molar refractivity (Wildman–Crippen MR) is 86.6 cm³/mol. The van der Waals surface area contributed by atoms with Crippen molar-refractivity contribution in [2.75, 3.05) is 10.8 Å². The fraction of sp³-hybridized carbons (Fsp3) is 0.0714. The van der Waals surface area contributed by atoms with Gasteiger partial charge in [0, 0.05) is 0 Å². The largest absolute Gasteiger partial charge is 0.368 e. The van der Waals surface area contributed by atoms with Crippen LogP contribution in [0.4, 0.5) is 10.1 Å². The van der Waals surface area contributed by atoms with Crippen LogP contribution in [0.1, 0.15) is 0 Å². The lowest BCUT2D eigenvalue weighted by Crippen LogP contribution is -2.38. The fourth-order valence-corrected chi connectivity index (χ4v) is 3.65. The highest BCUT2D eigenvalue weighted by Gasteiger charge is 2.27. The SMILES string of the molecule is NC(=O)CN(c1ccc(F)cc1)S(=O)(=O)c1ccc(Cl)c(Cl)c1. The van der Waals surface area contributed by atoms with E-state index in [2.05, 4.69) is 0 Å². The molecule has 0 heterocycles. The highest BCUT2D eigenvalue weighted by atomic mass is 35.5. The van der Waals surface area contributed by atoms with Gasteiger partial charge >= 0.3 is 0 Å². The molecule has 0 aliphatic heterocycles. The number of sulfonamides is 1. The highest BCUT2D eigenvalue weighted by molar-refractivity contribution is 7.92. The number of carbonyl (C=O) groups excluding carboxylic acids is 1. The van der Waals surface area contributed by atoms with Gasteiger partial charge in [0.1, 0.15) is 12.4 Å². The molecule has 0 fully saturated rings. The summed E-state index contributed by atoms with van der Waals surface area (Å²) in [6.45, 7) is -0.603. The van der Waals surface area contributed by atoms with E-state index < -0.39 is 28.3 Å². The van der Waals surface area contributed by atoms with Gasteiger partial charge in [-0.2, -0.15) is 0 Å². The second-order valence-electron chi connectivity index (χ2n) is 4.53. The number of amides is 1. The quantitative estimate of drug-likeness (QED) is 0.870. The molecule has 0 saturated heterocycles. The predicted octanol–water partition coefficient (Wildman–Crippen LogP) is 2.81. The topological polar surface area (TPSA) is 80.5 Å². The van der Waals surface area contributed by atoms with Crippen LogP contribution in [0.3, 0.4) is 0 Å². The molecular formula is C14H11Cl2FN2O3S. The van der Waals surface area contributed by atoms with Gasteiger partial charge in [-0.3, -0.25) is 9.10 Å². The molecule has 0 saturated carbocycles. The standard InChI is InChI=1S/C14H11Cl2FN2O3S/c15-12-6-5-11(7-13(12)16)23(21,22)19(8-14(18)20)10-3-1-9(17)2-4-10/h1-7H,8H2,(H2,18,20). The van der Waals surface area contributed by atoms with Crippen LogP contribution in [-0.2, 0) is 14.8 Å². The number of halogens is 3. The number of benzene rings is 2. The summed E-state index contributed by atoms with van der Waals surface area (Å²) in [5.74, 6) is -1.40. The van der Waals surface area contributed by atoms with Crippen LogP contribution >= 0.6 is 23.2 Å². The van der Waals surface area contributed by atoms with Gasteiger partial charge in [0.05, 0.1) is 20.6 Å². The first-order chi connectivity index (χ1) is 10.7. The van der Waals surface area contributed by atoms with Gasteiger partial charge in [0.25, 0.3) is 10.0 Å². The van der Waals surface area contributed by atoms with Gasteiger partial charge in [0.2, 0.25) is 5.91 Å². The third-order valence-corrected chi connectivity index (χ3v) is 5.40. The van der Waals surface area contributed by atoms with Gasteiger partial charge in [-0.05, 0) is 42.5 Å². The van der Waals surface area contributed by atoms with Crippen molar-refractivity contribution < 1.29 is 17.6 Å². The van der Waals surface area contributed by atoms with E-state index in [0.717, 1.165) is 22.5 Å². The van der Waals surface area contributed by atoms with Crippen molar-refractivity contribution in [3.05, 3.63) is 58.3 Å². The molecule has 5 nitrogen and oxygen atoms in total. The van der Waals surface area contributed by atoms with Crippen LogP contribution in [-0.4, -0.2) is 20.9 Å². The summed E-state index contributed by atoms with van der Waals surface area (Å²) in [4.78, 5) is 11.1. The summed E-state index contributed by atoms with van der Waals surface area (Å²) >= 11 is 11.6. The molecule has 2 aromatic rings. The van der Waals surface area contributed by atoms with Crippen LogP contribution in [0.15, 0.2) is 47.4 Å². The summed E-state index contributed by atoms with van der Waals surface area (Å²) in [5.41, 5.74) is 5.22. The van der Waals surface area contributed by atoms with Crippen molar-refractivity contribution in [2.24, 2.45) is 5.73 Å². The zero-order valence-electron chi connectivity index (χ0n) is 11.5. The molecule has 23 heavy (non-hydrogen) atoms. The van der Waals surface area contributed by atoms with Crippen LogP contribution < -0.4 is 10.0 Å². The summed E-state index contributed by atoms with van der Waals surface area (Å²) in [6.07, 6.45) is 0. The van der Waals surface area contributed by atoms with E-state index in [9.17, 15) is 17.6 Å². The number of rotatable bonds is 5. The number of primary amides is 1. The molecule has 0 atom stereocenters. The molecule has 1 amide bonds. The molecule has 9 heteroatoms. The molecule has 0 bridgehead atoms. The molecule has 0 unspecified atom stereocenters. The van der Waals surface area contributed by atoms with E-state index in [4.69, 9.17) is 28.9 Å². The molecule has 2 rings (SSSR count). The van der Waals surface area contributed by atoms with E-state index in [1.165, 1.54) is 24.3 Å². The molecule has 2 aromatic carbocycles. The van der Waals surface area contributed by atoms with Crippen molar-refractivity contribution in [3.8, 4) is 0 Å². The first-order valence-electron chi connectivity index (χ1n) is 6.23. The molecular weight excluding hydrogens is 366 g/mol. The molecule has 122 valence electrons. The summed E-state index contributed by atoms with van der Waals surface area (Å²) < 4.78 is 39.3. The van der Waals surface area contributed by atoms with Crippen LogP contribution in [0.25, 0.3) is 0 Å². The minimum atomic E-state index is -4.13. The second-order valence-corrected chi connectivity index (χ2v) is 7.21. The molecule has 0 aromatic heterocycles. The maximum atomic E-state index is 13.0. The van der Waals surface area contributed by atoms with E-state index >= 15 is 0 Å². The zero-order chi connectivity index (χ0) is 17.2. The molecule has 0 spiro atoms. The molecule has 2 N–H and O–H groups in total. The molecule has 0 radical (unpaired) electrons. The third-order valence-electron chi connectivity index (χ3n) is 2.89. The van der Waals surface area contributed by atoms with E-state index in [1.54, 1.807) is 0 Å².